The number of carbonyl (C=O) groups is 1. The summed E-state index contributed by atoms with van der Waals surface area (Å²) in [6.45, 7) is 3.95. The molecule has 0 amide bonds. The van der Waals surface area contributed by atoms with Crippen LogP contribution < -0.4 is 4.80 Å². The Balaban J connectivity index is 2.25. The van der Waals surface area contributed by atoms with Gasteiger partial charge in [0.15, 0.2) is 10.6 Å². The molecule has 104 valence electrons. The lowest BCUT2D eigenvalue weighted by Crippen LogP contribution is -2.30. The van der Waals surface area contributed by atoms with E-state index in [2.05, 4.69) is 0 Å². The van der Waals surface area contributed by atoms with Gasteiger partial charge in [-0.3, -0.25) is 14.8 Å². The minimum atomic E-state index is -0.331. The summed E-state index contributed by atoms with van der Waals surface area (Å²) in [5, 5.41) is 8.79. The van der Waals surface area contributed by atoms with Crippen molar-refractivity contribution in [3.05, 3.63) is 44.7 Å². The number of thiazole rings is 1. The molecule has 0 fully saturated rings. The summed E-state index contributed by atoms with van der Waals surface area (Å²) in [7, 11) is 0. The molecule has 0 atom stereocenters. The molecule has 1 aromatic heterocycles. The molecule has 1 aromatic carbocycles. The lowest BCUT2D eigenvalue weighted by atomic mass is 9.77. The van der Waals surface area contributed by atoms with Crippen molar-refractivity contribution >= 4 is 28.7 Å². The first-order chi connectivity index (χ1) is 9.42. The molecule has 0 unspecified atom stereocenters. The topological polar surface area (TPSA) is 45.9 Å². The molecule has 3 rings (SSSR count). The maximum atomic E-state index is 12.5. The number of benzene rings is 1. The second-order valence-corrected chi connectivity index (χ2v) is 7.09. The SMILES string of the molecule is CC1(C)CCc2c(sc(=N)n2-c2ccccc2Cl)C1=O. The molecular weight excluding hydrogens is 292 g/mol. The van der Waals surface area contributed by atoms with E-state index in [9.17, 15) is 4.79 Å². The van der Waals surface area contributed by atoms with E-state index in [4.69, 9.17) is 17.0 Å². The fourth-order valence-corrected chi connectivity index (χ4v) is 3.96. The van der Waals surface area contributed by atoms with Crippen molar-refractivity contribution in [2.24, 2.45) is 5.41 Å². The van der Waals surface area contributed by atoms with Crippen LogP contribution in [0.15, 0.2) is 24.3 Å². The third kappa shape index (κ3) is 1.95. The number of rotatable bonds is 1. The molecule has 1 aliphatic carbocycles. The highest BCUT2D eigenvalue weighted by atomic mass is 35.5. The first kappa shape index (κ1) is 13.6. The van der Waals surface area contributed by atoms with Gasteiger partial charge in [0.1, 0.15) is 0 Å². The van der Waals surface area contributed by atoms with Crippen molar-refractivity contribution in [3.63, 3.8) is 0 Å². The van der Waals surface area contributed by atoms with Gasteiger partial charge in [0.05, 0.1) is 15.6 Å². The Kier molecular flexibility index (Phi) is 3.10. The minimum absolute atomic E-state index is 0.142. The van der Waals surface area contributed by atoms with E-state index in [0.717, 1.165) is 24.2 Å². The van der Waals surface area contributed by atoms with Crippen LogP contribution in [-0.2, 0) is 6.42 Å². The van der Waals surface area contributed by atoms with Gasteiger partial charge in [0, 0.05) is 11.1 Å². The highest BCUT2D eigenvalue weighted by Crippen LogP contribution is 2.37. The second kappa shape index (κ2) is 4.57. The van der Waals surface area contributed by atoms with E-state index in [-0.39, 0.29) is 11.2 Å². The summed E-state index contributed by atoms with van der Waals surface area (Å²) in [6.07, 6.45) is 1.61. The Morgan fingerprint density at radius 2 is 2.05 bits per heavy atom. The lowest BCUT2D eigenvalue weighted by Gasteiger charge is -2.28. The number of carbonyl (C=O) groups excluding carboxylic acids is 1. The number of nitrogens with zero attached hydrogens (tertiary/aromatic N) is 1. The first-order valence-electron chi connectivity index (χ1n) is 6.51. The van der Waals surface area contributed by atoms with Crippen LogP contribution in [0.25, 0.3) is 5.69 Å². The monoisotopic (exact) mass is 306 g/mol. The predicted octanol–water partition coefficient (Wildman–Crippen LogP) is 3.83. The van der Waals surface area contributed by atoms with Crippen LogP contribution >= 0.6 is 22.9 Å². The summed E-state index contributed by atoms with van der Waals surface area (Å²) in [6, 6.07) is 7.45. The van der Waals surface area contributed by atoms with Gasteiger partial charge in [-0.25, -0.2) is 0 Å². The van der Waals surface area contributed by atoms with E-state index in [0.29, 0.717) is 14.7 Å². The Labute approximate surface area is 126 Å². The Bertz CT molecular complexity index is 757. The molecule has 1 N–H and O–H groups in total. The molecule has 0 aliphatic heterocycles. The maximum absolute atomic E-state index is 12.5. The zero-order valence-corrected chi connectivity index (χ0v) is 12.9. The summed E-state index contributed by atoms with van der Waals surface area (Å²) in [5.74, 6) is 0.142. The molecule has 0 radical (unpaired) electrons. The molecule has 2 aromatic rings. The number of para-hydroxylation sites is 1. The van der Waals surface area contributed by atoms with E-state index in [1.165, 1.54) is 11.3 Å². The van der Waals surface area contributed by atoms with Crippen molar-refractivity contribution in [2.75, 3.05) is 0 Å². The molecule has 0 saturated heterocycles. The molecule has 20 heavy (non-hydrogen) atoms. The van der Waals surface area contributed by atoms with Crippen LogP contribution in [-0.4, -0.2) is 10.4 Å². The van der Waals surface area contributed by atoms with Crippen LogP contribution in [0.1, 0.15) is 35.6 Å². The summed E-state index contributed by atoms with van der Waals surface area (Å²) in [5.41, 5.74) is 1.38. The van der Waals surface area contributed by atoms with E-state index in [1.807, 2.05) is 42.7 Å². The fraction of sp³-hybridized carbons (Fsp3) is 0.333. The van der Waals surface area contributed by atoms with Gasteiger partial charge in [0.2, 0.25) is 0 Å². The molecule has 0 bridgehead atoms. The van der Waals surface area contributed by atoms with E-state index < -0.39 is 0 Å². The smallest absolute Gasteiger partial charge is 0.187 e. The van der Waals surface area contributed by atoms with E-state index >= 15 is 0 Å². The maximum Gasteiger partial charge on any atom is 0.187 e. The number of halogens is 1. The van der Waals surface area contributed by atoms with Crippen LogP contribution in [0.5, 0.6) is 0 Å². The van der Waals surface area contributed by atoms with Crippen molar-refractivity contribution in [1.29, 1.82) is 5.41 Å². The van der Waals surface area contributed by atoms with Crippen LogP contribution in [0, 0.1) is 10.8 Å². The third-order valence-corrected chi connectivity index (χ3v) is 5.16. The van der Waals surface area contributed by atoms with Gasteiger partial charge < -0.3 is 0 Å². The number of hydrogen-bond donors (Lipinski definition) is 1. The largest absolute Gasteiger partial charge is 0.293 e. The van der Waals surface area contributed by atoms with Gasteiger partial charge in [-0.1, -0.05) is 48.9 Å². The highest BCUT2D eigenvalue weighted by molar-refractivity contribution is 7.11. The number of Topliss-reactive ketones (excluding diaryl/α,β-unsaturated/α-hetero) is 1. The highest BCUT2D eigenvalue weighted by Gasteiger charge is 2.37. The van der Waals surface area contributed by atoms with Crippen LogP contribution in [0.2, 0.25) is 5.02 Å². The lowest BCUT2D eigenvalue weighted by molar-refractivity contribution is 0.0814. The number of hydrogen-bond acceptors (Lipinski definition) is 3. The van der Waals surface area contributed by atoms with Gasteiger partial charge in [-0.15, -0.1) is 0 Å². The molecular formula is C15H15ClN2OS. The number of ketones is 1. The van der Waals surface area contributed by atoms with Crippen molar-refractivity contribution in [3.8, 4) is 5.69 Å². The second-order valence-electron chi connectivity index (χ2n) is 5.68. The normalized spacial score (nSPS) is 17.1. The quantitative estimate of drug-likeness (QED) is 0.855. The van der Waals surface area contributed by atoms with Crippen molar-refractivity contribution < 1.29 is 4.79 Å². The molecule has 3 nitrogen and oxygen atoms in total. The van der Waals surface area contributed by atoms with Crippen LogP contribution in [0.3, 0.4) is 0 Å². The van der Waals surface area contributed by atoms with Crippen LogP contribution in [0.4, 0.5) is 0 Å². The van der Waals surface area contributed by atoms with Gasteiger partial charge >= 0.3 is 0 Å². The summed E-state index contributed by atoms with van der Waals surface area (Å²) >= 11 is 7.49. The molecule has 5 heteroatoms. The molecule has 0 saturated carbocycles. The fourth-order valence-electron chi connectivity index (χ4n) is 2.57. The average Bonchev–Trinajstić information content (AvgIpc) is 2.72. The molecule has 1 heterocycles. The Morgan fingerprint density at radius 1 is 1.35 bits per heavy atom. The third-order valence-electron chi connectivity index (χ3n) is 3.83. The van der Waals surface area contributed by atoms with Crippen molar-refractivity contribution in [2.45, 2.75) is 26.7 Å². The summed E-state index contributed by atoms with van der Waals surface area (Å²) < 4.78 is 1.81. The van der Waals surface area contributed by atoms with Gasteiger partial charge in [-0.05, 0) is 25.0 Å². The Morgan fingerprint density at radius 3 is 2.75 bits per heavy atom. The molecule has 1 aliphatic rings. The van der Waals surface area contributed by atoms with Gasteiger partial charge in [-0.2, -0.15) is 0 Å². The zero-order chi connectivity index (χ0) is 14.5. The average molecular weight is 307 g/mol. The number of aromatic nitrogens is 1. The Hall–Kier alpha value is -1.39. The van der Waals surface area contributed by atoms with E-state index in [1.54, 1.807) is 0 Å². The van der Waals surface area contributed by atoms with Crippen molar-refractivity contribution in [1.82, 2.24) is 4.57 Å². The number of fused-ring (bicyclic) bond motifs is 1. The first-order valence-corrected chi connectivity index (χ1v) is 7.70. The summed E-state index contributed by atoms with van der Waals surface area (Å²) in [4.78, 5) is 13.6. The van der Waals surface area contributed by atoms with Gasteiger partial charge in [0.25, 0.3) is 0 Å². The number of nitrogens with one attached hydrogen (secondary N) is 1. The molecule has 0 spiro atoms. The minimum Gasteiger partial charge on any atom is -0.293 e. The standard InChI is InChI=1S/C15H15ClN2OS/c1-15(2)8-7-11-12(13(15)19)20-14(17)18(11)10-6-4-3-5-9(10)16/h3-6,17H,7-8H2,1-2H3. The predicted molar refractivity (Wildman–Crippen MR) is 80.9 cm³/mol. The zero-order valence-electron chi connectivity index (χ0n) is 11.4.